The van der Waals surface area contributed by atoms with Crippen molar-refractivity contribution in [3.05, 3.63) is 39.9 Å². The smallest absolute Gasteiger partial charge is 0.269 e. The fourth-order valence-corrected chi connectivity index (χ4v) is 1.27. The third kappa shape index (κ3) is 2.81. The Morgan fingerprint density at radius 3 is 2.40 bits per heavy atom. The summed E-state index contributed by atoms with van der Waals surface area (Å²) in [7, 11) is 0. The molecule has 1 rings (SSSR count). The zero-order chi connectivity index (χ0) is 11.4. The van der Waals surface area contributed by atoms with Crippen LogP contribution in [0.25, 0.3) is 0 Å². The zero-order valence-corrected chi connectivity index (χ0v) is 8.81. The van der Waals surface area contributed by atoms with Gasteiger partial charge in [-0.25, -0.2) is 0 Å². The molecule has 80 valence electrons. The fraction of sp³-hybridized carbons (Fsp3) is 0.125. The van der Waals surface area contributed by atoms with Gasteiger partial charge in [-0.1, -0.05) is 28.9 Å². The molecule has 0 heterocycles. The van der Waals surface area contributed by atoms with E-state index in [0.717, 1.165) is 0 Å². The van der Waals surface area contributed by atoms with E-state index in [1.807, 2.05) is 0 Å². The van der Waals surface area contributed by atoms with Crippen LogP contribution in [0.2, 0.25) is 0 Å². The van der Waals surface area contributed by atoms with E-state index in [9.17, 15) is 10.1 Å². The standard InChI is InChI=1S/C8H6Cl2N2O3/c9-7(8(10)11-13)5-1-3-6(4-2-5)12(14)15/h1-4,7,13H/b11-8-. The van der Waals surface area contributed by atoms with Gasteiger partial charge in [0.05, 0.1) is 4.92 Å². The van der Waals surface area contributed by atoms with Crippen molar-refractivity contribution in [1.29, 1.82) is 0 Å². The van der Waals surface area contributed by atoms with Crippen molar-refractivity contribution < 1.29 is 10.1 Å². The minimum absolute atomic E-state index is 0.0420. The van der Waals surface area contributed by atoms with Crippen LogP contribution in [-0.2, 0) is 0 Å². The highest BCUT2D eigenvalue weighted by atomic mass is 35.5. The first kappa shape index (κ1) is 11.7. The summed E-state index contributed by atoms with van der Waals surface area (Å²) in [5, 5.41) is 20.5. The van der Waals surface area contributed by atoms with Crippen molar-refractivity contribution in [3.8, 4) is 0 Å². The van der Waals surface area contributed by atoms with Crippen LogP contribution in [0, 0.1) is 10.1 Å². The van der Waals surface area contributed by atoms with E-state index in [2.05, 4.69) is 5.16 Å². The van der Waals surface area contributed by atoms with Crippen LogP contribution in [0.1, 0.15) is 10.9 Å². The molecule has 1 aromatic rings. The van der Waals surface area contributed by atoms with Gasteiger partial charge in [0, 0.05) is 12.1 Å². The molecule has 0 fully saturated rings. The normalized spacial score (nSPS) is 13.6. The zero-order valence-electron chi connectivity index (χ0n) is 7.30. The lowest BCUT2D eigenvalue weighted by Gasteiger charge is -2.05. The predicted molar refractivity (Wildman–Crippen MR) is 56.8 cm³/mol. The van der Waals surface area contributed by atoms with Crippen molar-refractivity contribution in [3.63, 3.8) is 0 Å². The van der Waals surface area contributed by atoms with E-state index in [0.29, 0.717) is 5.56 Å². The Hall–Kier alpha value is -1.33. The van der Waals surface area contributed by atoms with E-state index < -0.39 is 10.3 Å². The third-order valence-electron chi connectivity index (χ3n) is 1.70. The molecule has 7 heteroatoms. The van der Waals surface area contributed by atoms with Gasteiger partial charge in [0.25, 0.3) is 5.69 Å². The maximum absolute atomic E-state index is 10.4. The molecule has 1 atom stereocenters. The number of rotatable bonds is 3. The largest absolute Gasteiger partial charge is 0.410 e. The highest BCUT2D eigenvalue weighted by Gasteiger charge is 2.15. The number of benzene rings is 1. The van der Waals surface area contributed by atoms with Crippen LogP contribution in [0.15, 0.2) is 29.4 Å². The molecule has 5 nitrogen and oxygen atoms in total. The Morgan fingerprint density at radius 1 is 1.47 bits per heavy atom. The third-order valence-corrected chi connectivity index (χ3v) is 2.57. The molecule has 0 bridgehead atoms. The van der Waals surface area contributed by atoms with Gasteiger partial charge in [0.1, 0.15) is 5.38 Å². The number of nitro groups is 1. The van der Waals surface area contributed by atoms with E-state index in [-0.39, 0.29) is 10.9 Å². The summed E-state index contributed by atoms with van der Waals surface area (Å²) < 4.78 is 0. The number of hydrogen-bond donors (Lipinski definition) is 1. The Bertz CT molecular complexity index is 391. The van der Waals surface area contributed by atoms with Crippen LogP contribution in [-0.4, -0.2) is 15.3 Å². The molecule has 1 unspecified atom stereocenters. The molecular weight excluding hydrogens is 243 g/mol. The average molecular weight is 249 g/mol. The Balaban J connectivity index is 2.94. The molecular formula is C8H6Cl2N2O3. The van der Waals surface area contributed by atoms with Crippen LogP contribution in [0.4, 0.5) is 5.69 Å². The van der Waals surface area contributed by atoms with Crippen molar-refractivity contribution >= 4 is 34.1 Å². The predicted octanol–water partition coefficient (Wildman–Crippen LogP) is 2.90. The van der Waals surface area contributed by atoms with Crippen molar-refractivity contribution in [1.82, 2.24) is 0 Å². The SMILES string of the molecule is O=[N+]([O-])c1ccc(C(Cl)/C(Cl)=N/O)cc1. The number of oxime groups is 1. The Morgan fingerprint density at radius 2 is 2.00 bits per heavy atom. The van der Waals surface area contributed by atoms with Crippen molar-refractivity contribution in [2.45, 2.75) is 5.38 Å². The lowest BCUT2D eigenvalue weighted by Crippen LogP contribution is -1.99. The van der Waals surface area contributed by atoms with E-state index in [1.165, 1.54) is 24.3 Å². The summed E-state index contributed by atoms with van der Waals surface area (Å²) >= 11 is 11.3. The minimum Gasteiger partial charge on any atom is -0.410 e. The first-order chi connectivity index (χ1) is 7.06. The molecule has 0 spiro atoms. The molecule has 0 aromatic heterocycles. The lowest BCUT2D eigenvalue weighted by molar-refractivity contribution is -0.384. The van der Waals surface area contributed by atoms with Crippen LogP contribution < -0.4 is 0 Å². The summed E-state index contributed by atoms with van der Waals surface area (Å²) in [6, 6.07) is 5.49. The second-order valence-corrected chi connectivity index (χ2v) is 3.46. The second-order valence-electron chi connectivity index (χ2n) is 2.63. The maximum Gasteiger partial charge on any atom is 0.269 e. The molecule has 0 amide bonds. The van der Waals surface area contributed by atoms with Crippen LogP contribution in [0.5, 0.6) is 0 Å². The highest BCUT2D eigenvalue weighted by molar-refractivity contribution is 6.70. The van der Waals surface area contributed by atoms with E-state index in [4.69, 9.17) is 28.4 Å². The molecule has 0 saturated carbocycles. The lowest BCUT2D eigenvalue weighted by atomic mass is 10.1. The second kappa shape index (κ2) is 4.95. The number of non-ortho nitro benzene ring substituents is 1. The summed E-state index contributed by atoms with van der Waals surface area (Å²) in [5.41, 5.74) is 0.477. The molecule has 15 heavy (non-hydrogen) atoms. The summed E-state index contributed by atoms with van der Waals surface area (Å²) in [5.74, 6) is 0. The number of alkyl halides is 1. The van der Waals surface area contributed by atoms with Crippen LogP contribution >= 0.6 is 23.2 Å². The van der Waals surface area contributed by atoms with Gasteiger partial charge in [-0.2, -0.15) is 0 Å². The molecule has 0 aliphatic carbocycles. The van der Waals surface area contributed by atoms with Crippen molar-refractivity contribution in [2.75, 3.05) is 0 Å². The van der Waals surface area contributed by atoms with Crippen LogP contribution in [0.3, 0.4) is 0 Å². The van der Waals surface area contributed by atoms with Gasteiger partial charge >= 0.3 is 0 Å². The summed E-state index contributed by atoms with van der Waals surface area (Å²) in [6.45, 7) is 0. The monoisotopic (exact) mass is 248 g/mol. The Labute approximate surface area is 95.1 Å². The summed E-state index contributed by atoms with van der Waals surface area (Å²) in [6.07, 6.45) is 0. The topological polar surface area (TPSA) is 75.7 Å². The number of hydrogen-bond acceptors (Lipinski definition) is 4. The first-order valence-corrected chi connectivity index (χ1v) is 4.63. The van der Waals surface area contributed by atoms with Gasteiger partial charge in [0.2, 0.25) is 0 Å². The van der Waals surface area contributed by atoms with Crippen molar-refractivity contribution in [2.24, 2.45) is 5.16 Å². The highest BCUT2D eigenvalue weighted by Crippen LogP contribution is 2.25. The van der Waals surface area contributed by atoms with Gasteiger partial charge in [-0.05, 0) is 5.56 Å². The van der Waals surface area contributed by atoms with Gasteiger partial charge in [0.15, 0.2) is 5.17 Å². The number of halogens is 2. The van der Waals surface area contributed by atoms with E-state index >= 15 is 0 Å². The molecule has 1 N–H and O–H groups in total. The minimum atomic E-state index is -0.808. The fourth-order valence-electron chi connectivity index (χ4n) is 0.953. The average Bonchev–Trinajstić information content (AvgIpc) is 2.27. The van der Waals surface area contributed by atoms with E-state index in [1.54, 1.807) is 0 Å². The maximum atomic E-state index is 10.4. The van der Waals surface area contributed by atoms with Gasteiger partial charge < -0.3 is 5.21 Å². The Kier molecular flexibility index (Phi) is 3.88. The van der Waals surface area contributed by atoms with Gasteiger partial charge in [-0.3, -0.25) is 10.1 Å². The first-order valence-electron chi connectivity index (χ1n) is 3.82. The summed E-state index contributed by atoms with van der Waals surface area (Å²) in [4.78, 5) is 9.84. The number of nitro benzene ring substituents is 1. The molecule has 1 aromatic carbocycles. The molecule has 0 aliphatic rings. The molecule has 0 aliphatic heterocycles. The molecule has 0 saturated heterocycles. The van der Waals surface area contributed by atoms with Gasteiger partial charge in [-0.15, -0.1) is 11.6 Å². The quantitative estimate of drug-likeness (QED) is 0.294. The molecule has 0 radical (unpaired) electrons. The number of nitrogens with zero attached hydrogens (tertiary/aromatic N) is 2.